The van der Waals surface area contributed by atoms with Crippen LogP contribution in [-0.2, 0) is 6.42 Å². The highest BCUT2D eigenvalue weighted by Crippen LogP contribution is 2.25. The van der Waals surface area contributed by atoms with Crippen LogP contribution in [0.4, 0.5) is 0 Å². The summed E-state index contributed by atoms with van der Waals surface area (Å²) in [7, 11) is 1.66. The van der Waals surface area contributed by atoms with Crippen LogP contribution in [0.1, 0.15) is 25.8 Å². The fourth-order valence-electron chi connectivity index (χ4n) is 1.52. The normalized spacial score (nSPS) is 12.2. The van der Waals surface area contributed by atoms with Gasteiger partial charge in [-0.25, -0.2) is 0 Å². The van der Waals surface area contributed by atoms with Crippen molar-refractivity contribution in [3.63, 3.8) is 0 Å². The predicted octanol–water partition coefficient (Wildman–Crippen LogP) is 2.37. The Hall–Kier alpha value is -1.22. The summed E-state index contributed by atoms with van der Waals surface area (Å²) in [6.45, 7) is 4.80. The van der Waals surface area contributed by atoms with Gasteiger partial charge in [-0.05, 0) is 31.4 Å². The number of hydrogen-bond donors (Lipinski definition) is 1. The second-order valence-electron chi connectivity index (χ2n) is 4.00. The van der Waals surface area contributed by atoms with Crippen LogP contribution < -0.4 is 15.2 Å². The summed E-state index contributed by atoms with van der Waals surface area (Å²) >= 11 is 0. The van der Waals surface area contributed by atoms with Crippen molar-refractivity contribution < 1.29 is 9.47 Å². The van der Waals surface area contributed by atoms with Gasteiger partial charge in [-0.15, -0.1) is 0 Å². The van der Waals surface area contributed by atoms with Crippen molar-refractivity contribution in [1.82, 2.24) is 0 Å². The molecule has 16 heavy (non-hydrogen) atoms. The van der Waals surface area contributed by atoms with Crippen LogP contribution in [0.2, 0.25) is 0 Å². The summed E-state index contributed by atoms with van der Waals surface area (Å²) in [5, 5.41) is 0. The van der Waals surface area contributed by atoms with Crippen LogP contribution in [-0.4, -0.2) is 19.8 Å². The van der Waals surface area contributed by atoms with Crippen molar-refractivity contribution >= 4 is 0 Å². The average Bonchev–Trinajstić information content (AvgIpc) is 2.27. The van der Waals surface area contributed by atoms with Crippen molar-refractivity contribution in [1.29, 1.82) is 0 Å². The number of rotatable bonds is 6. The van der Waals surface area contributed by atoms with Gasteiger partial charge in [0.25, 0.3) is 0 Å². The summed E-state index contributed by atoms with van der Waals surface area (Å²) in [5.74, 6) is 1.71. The van der Waals surface area contributed by atoms with Crippen molar-refractivity contribution in [2.75, 3.05) is 13.7 Å². The standard InChI is InChI=1S/C13H21NO2/c1-4-7-16-13-9-12(15-3)6-5-11(13)8-10(2)14/h5-6,9-10H,4,7-8,14H2,1-3H3. The molecule has 1 atom stereocenters. The molecule has 0 bridgehead atoms. The van der Waals surface area contributed by atoms with Crippen LogP contribution in [0.25, 0.3) is 0 Å². The highest BCUT2D eigenvalue weighted by Gasteiger charge is 2.07. The molecular formula is C13H21NO2. The van der Waals surface area contributed by atoms with Crippen molar-refractivity contribution in [3.05, 3.63) is 23.8 Å². The van der Waals surface area contributed by atoms with Gasteiger partial charge in [0.15, 0.2) is 0 Å². The Morgan fingerprint density at radius 3 is 2.69 bits per heavy atom. The Morgan fingerprint density at radius 1 is 1.38 bits per heavy atom. The third-order valence-corrected chi connectivity index (χ3v) is 2.28. The van der Waals surface area contributed by atoms with Crippen LogP contribution in [0.5, 0.6) is 11.5 Å². The lowest BCUT2D eigenvalue weighted by Crippen LogP contribution is -2.18. The fourth-order valence-corrected chi connectivity index (χ4v) is 1.52. The monoisotopic (exact) mass is 223 g/mol. The first-order chi connectivity index (χ1) is 7.67. The fraction of sp³-hybridized carbons (Fsp3) is 0.538. The zero-order valence-electron chi connectivity index (χ0n) is 10.3. The molecule has 0 aliphatic carbocycles. The first kappa shape index (κ1) is 12.8. The van der Waals surface area contributed by atoms with Gasteiger partial charge in [0.2, 0.25) is 0 Å². The molecule has 0 amide bonds. The molecule has 2 N–H and O–H groups in total. The second-order valence-corrected chi connectivity index (χ2v) is 4.00. The number of nitrogens with two attached hydrogens (primary N) is 1. The van der Waals surface area contributed by atoms with E-state index in [-0.39, 0.29) is 6.04 Å². The number of benzene rings is 1. The summed E-state index contributed by atoms with van der Waals surface area (Å²) in [4.78, 5) is 0. The molecule has 1 aromatic rings. The zero-order chi connectivity index (χ0) is 12.0. The van der Waals surface area contributed by atoms with Gasteiger partial charge in [-0.1, -0.05) is 13.0 Å². The lowest BCUT2D eigenvalue weighted by atomic mass is 10.1. The molecule has 0 fully saturated rings. The van der Waals surface area contributed by atoms with E-state index in [1.165, 1.54) is 0 Å². The van der Waals surface area contributed by atoms with E-state index in [1.807, 2.05) is 25.1 Å². The van der Waals surface area contributed by atoms with Gasteiger partial charge in [-0.3, -0.25) is 0 Å². The maximum atomic E-state index is 5.81. The molecule has 0 saturated heterocycles. The molecule has 3 heteroatoms. The molecule has 1 aromatic carbocycles. The lowest BCUT2D eigenvalue weighted by Gasteiger charge is -2.13. The summed E-state index contributed by atoms with van der Waals surface area (Å²) in [5.41, 5.74) is 6.95. The molecule has 1 rings (SSSR count). The largest absolute Gasteiger partial charge is 0.497 e. The van der Waals surface area contributed by atoms with E-state index >= 15 is 0 Å². The first-order valence-corrected chi connectivity index (χ1v) is 5.72. The smallest absolute Gasteiger partial charge is 0.126 e. The molecule has 90 valence electrons. The molecule has 3 nitrogen and oxygen atoms in total. The minimum atomic E-state index is 0.136. The highest BCUT2D eigenvalue weighted by molar-refractivity contribution is 5.41. The van der Waals surface area contributed by atoms with E-state index < -0.39 is 0 Å². The van der Waals surface area contributed by atoms with Gasteiger partial charge in [0.1, 0.15) is 11.5 Å². The lowest BCUT2D eigenvalue weighted by molar-refractivity contribution is 0.310. The van der Waals surface area contributed by atoms with Crippen LogP contribution in [0, 0.1) is 0 Å². The third-order valence-electron chi connectivity index (χ3n) is 2.28. The van der Waals surface area contributed by atoms with E-state index in [9.17, 15) is 0 Å². The molecule has 0 heterocycles. The minimum absolute atomic E-state index is 0.136. The van der Waals surface area contributed by atoms with E-state index in [0.29, 0.717) is 0 Å². The van der Waals surface area contributed by atoms with Crippen molar-refractivity contribution in [2.45, 2.75) is 32.7 Å². The van der Waals surface area contributed by atoms with Crippen molar-refractivity contribution in [2.24, 2.45) is 5.73 Å². The molecule has 0 aromatic heterocycles. The molecule has 0 saturated carbocycles. The summed E-state index contributed by atoms with van der Waals surface area (Å²) in [6, 6.07) is 6.02. The molecule has 0 radical (unpaired) electrons. The van der Waals surface area contributed by atoms with E-state index in [0.717, 1.165) is 36.5 Å². The number of hydrogen-bond acceptors (Lipinski definition) is 3. The van der Waals surface area contributed by atoms with E-state index in [2.05, 4.69) is 6.92 Å². The Labute approximate surface area is 97.6 Å². The van der Waals surface area contributed by atoms with Gasteiger partial charge in [0, 0.05) is 12.1 Å². The van der Waals surface area contributed by atoms with Gasteiger partial charge in [0.05, 0.1) is 13.7 Å². The Morgan fingerprint density at radius 2 is 2.12 bits per heavy atom. The van der Waals surface area contributed by atoms with Gasteiger partial charge in [-0.2, -0.15) is 0 Å². The SMILES string of the molecule is CCCOc1cc(OC)ccc1CC(C)N. The topological polar surface area (TPSA) is 44.5 Å². The Balaban J connectivity index is 2.87. The molecule has 0 aliphatic rings. The molecule has 0 spiro atoms. The highest BCUT2D eigenvalue weighted by atomic mass is 16.5. The van der Waals surface area contributed by atoms with Crippen molar-refractivity contribution in [3.8, 4) is 11.5 Å². The van der Waals surface area contributed by atoms with Crippen LogP contribution in [0.15, 0.2) is 18.2 Å². The summed E-state index contributed by atoms with van der Waals surface area (Å²) < 4.78 is 10.9. The molecular weight excluding hydrogens is 202 g/mol. The maximum Gasteiger partial charge on any atom is 0.126 e. The van der Waals surface area contributed by atoms with E-state index in [1.54, 1.807) is 7.11 Å². The van der Waals surface area contributed by atoms with Gasteiger partial charge < -0.3 is 15.2 Å². The minimum Gasteiger partial charge on any atom is -0.497 e. The molecule has 1 unspecified atom stereocenters. The number of methoxy groups -OCH3 is 1. The van der Waals surface area contributed by atoms with Gasteiger partial charge >= 0.3 is 0 Å². The summed E-state index contributed by atoms with van der Waals surface area (Å²) in [6.07, 6.45) is 1.82. The maximum absolute atomic E-state index is 5.81. The average molecular weight is 223 g/mol. The second kappa shape index (κ2) is 6.38. The molecule has 0 aliphatic heterocycles. The van der Waals surface area contributed by atoms with Crippen LogP contribution >= 0.6 is 0 Å². The predicted molar refractivity (Wildman–Crippen MR) is 66.1 cm³/mol. The van der Waals surface area contributed by atoms with Crippen LogP contribution in [0.3, 0.4) is 0 Å². The number of ether oxygens (including phenoxy) is 2. The Bertz CT molecular complexity index is 324. The zero-order valence-corrected chi connectivity index (χ0v) is 10.3. The first-order valence-electron chi connectivity index (χ1n) is 5.72. The third kappa shape index (κ3) is 3.74. The van der Waals surface area contributed by atoms with E-state index in [4.69, 9.17) is 15.2 Å². The Kier molecular flexibility index (Phi) is 5.12. The quantitative estimate of drug-likeness (QED) is 0.805.